The minimum atomic E-state index is -4.41. The summed E-state index contributed by atoms with van der Waals surface area (Å²) in [5.74, 6) is 1.17. The van der Waals surface area contributed by atoms with Gasteiger partial charge in [-0.3, -0.25) is 9.97 Å². The van der Waals surface area contributed by atoms with Crippen LogP contribution < -0.4 is 0 Å². The molecule has 0 bridgehead atoms. The minimum absolute atomic E-state index is 0.448. The maximum absolute atomic E-state index is 12.9. The van der Waals surface area contributed by atoms with Gasteiger partial charge in [-0.05, 0) is 17.9 Å². The molecular weight excluding hydrogens is 325 g/mol. The number of nitrogens with zero attached hydrogens (tertiary/aromatic N) is 4. The fourth-order valence-corrected chi connectivity index (χ4v) is 3.08. The smallest absolute Gasteiger partial charge is 0.325 e. The second kappa shape index (κ2) is 5.84. The van der Waals surface area contributed by atoms with E-state index in [2.05, 4.69) is 15.0 Å². The summed E-state index contributed by atoms with van der Waals surface area (Å²) in [7, 11) is 1.80. The van der Waals surface area contributed by atoms with Gasteiger partial charge in [0, 0.05) is 24.3 Å². The first-order chi connectivity index (χ1) is 10.9. The number of pyridine rings is 2. The van der Waals surface area contributed by atoms with Crippen molar-refractivity contribution < 1.29 is 13.2 Å². The Kier molecular flexibility index (Phi) is 4.01. The molecule has 4 nitrogen and oxygen atoms in total. The lowest BCUT2D eigenvalue weighted by Gasteiger charge is -2.12. The van der Waals surface area contributed by atoms with E-state index in [0.29, 0.717) is 22.2 Å². The van der Waals surface area contributed by atoms with Crippen LogP contribution in [0.15, 0.2) is 35.6 Å². The summed E-state index contributed by atoms with van der Waals surface area (Å²) < 4.78 is 40.5. The Morgan fingerprint density at radius 2 is 2.04 bits per heavy atom. The quantitative estimate of drug-likeness (QED) is 0.673. The number of fused-ring (bicyclic) bond motifs is 1. The highest BCUT2D eigenvalue weighted by atomic mass is 32.2. The normalized spacial score (nSPS) is 12.0. The van der Waals surface area contributed by atoms with Crippen LogP contribution in [0.3, 0.4) is 0 Å². The van der Waals surface area contributed by atoms with Crippen molar-refractivity contribution in [1.29, 1.82) is 0 Å². The van der Waals surface area contributed by atoms with E-state index in [4.69, 9.17) is 0 Å². The fraction of sp³-hybridized carbons (Fsp3) is 0.267. The Hall–Kier alpha value is -2.09. The molecule has 0 aliphatic heterocycles. The van der Waals surface area contributed by atoms with E-state index < -0.39 is 11.7 Å². The Morgan fingerprint density at radius 1 is 1.26 bits per heavy atom. The van der Waals surface area contributed by atoms with Crippen LogP contribution >= 0.6 is 11.8 Å². The highest BCUT2D eigenvalue weighted by molar-refractivity contribution is 7.99. The third-order valence-corrected chi connectivity index (χ3v) is 4.29. The van der Waals surface area contributed by atoms with Gasteiger partial charge in [0.25, 0.3) is 0 Å². The molecule has 0 saturated carbocycles. The Bertz CT molecular complexity index is 858. The summed E-state index contributed by atoms with van der Waals surface area (Å²) in [5, 5.41) is 0. The zero-order valence-corrected chi connectivity index (χ0v) is 13.2. The molecule has 120 valence electrons. The fourth-order valence-electron chi connectivity index (χ4n) is 2.28. The van der Waals surface area contributed by atoms with E-state index in [-0.39, 0.29) is 0 Å². The van der Waals surface area contributed by atoms with Crippen LogP contribution in [-0.2, 0) is 13.2 Å². The topological polar surface area (TPSA) is 43.6 Å². The molecule has 0 amide bonds. The predicted molar refractivity (Wildman–Crippen MR) is 83.1 cm³/mol. The largest absolute Gasteiger partial charge is 0.417 e. The lowest BCUT2D eigenvalue weighted by molar-refractivity contribution is -0.138. The summed E-state index contributed by atoms with van der Waals surface area (Å²) in [5.41, 5.74) is 1.23. The molecule has 0 N–H and O–H groups in total. The second-order valence-electron chi connectivity index (χ2n) is 4.86. The van der Waals surface area contributed by atoms with Crippen LogP contribution in [0.25, 0.3) is 22.6 Å². The van der Waals surface area contributed by atoms with Gasteiger partial charge >= 0.3 is 6.18 Å². The van der Waals surface area contributed by atoms with Crippen molar-refractivity contribution in [2.75, 3.05) is 5.75 Å². The summed E-state index contributed by atoms with van der Waals surface area (Å²) in [6.07, 6.45) is -0.263. The number of imidazole rings is 1. The molecule has 0 fully saturated rings. The summed E-state index contributed by atoms with van der Waals surface area (Å²) in [6.45, 7) is 1.88. The average molecular weight is 338 g/mol. The highest BCUT2D eigenvalue weighted by Crippen LogP contribution is 2.36. The predicted octanol–water partition coefficient (Wildman–Crippen LogP) is 4.16. The van der Waals surface area contributed by atoms with Crippen LogP contribution in [0.5, 0.6) is 0 Å². The molecule has 0 saturated heterocycles. The molecule has 0 aromatic carbocycles. The maximum Gasteiger partial charge on any atom is 0.417 e. The number of hydrogen-bond acceptors (Lipinski definition) is 4. The van der Waals surface area contributed by atoms with Gasteiger partial charge in [-0.2, -0.15) is 13.2 Å². The van der Waals surface area contributed by atoms with Crippen molar-refractivity contribution in [2.45, 2.75) is 18.0 Å². The number of halogens is 3. The number of hydrogen-bond donors (Lipinski definition) is 0. The van der Waals surface area contributed by atoms with Crippen molar-refractivity contribution in [3.8, 4) is 11.5 Å². The van der Waals surface area contributed by atoms with E-state index >= 15 is 0 Å². The molecular formula is C15H13F3N4S. The van der Waals surface area contributed by atoms with Crippen molar-refractivity contribution in [2.24, 2.45) is 7.05 Å². The number of aromatic nitrogens is 4. The zero-order valence-electron chi connectivity index (χ0n) is 12.4. The van der Waals surface area contributed by atoms with Crippen LogP contribution in [0.1, 0.15) is 12.5 Å². The van der Waals surface area contributed by atoms with Gasteiger partial charge in [0.05, 0.1) is 22.8 Å². The van der Waals surface area contributed by atoms with Gasteiger partial charge in [-0.15, -0.1) is 11.8 Å². The third-order valence-electron chi connectivity index (χ3n) is 3.37. The summed E-state index contributed by atoms with van der Waals surface area (Å²) in [6, 6.07) is 2.89. The second-order valence-corrected chi connectivity index (χ2v) is 6.17. The van der Waals surface area contributed by atoms with Gasteiger partial charge < -0.3 is 4.57 Å². The number of alkyl halides is 3. The standard InChI is InChI=1S/C15H13F3N4S/c1-3-23-12-6-9(15(16,17)18)7-20-13(12)14-21-10-4-5-19-8-11(10)22(14)2/h4-8H,3H2,1-2H3. The Balaban J connectivity index is 2.19. The number of rotatable bonds is 3. The third kappa shape index (κ3) is 2.90. The Morgan fingerprint density at radius 3 is 2.70 bits per heavy atom. The molecule has 3 aromatic rings. The van der Waals surface area contributed by atoms with Crippen LogP contribution in [0, 0.1) is 0 Å². The van der Waals surface area contributed by atoms with E-state index in [1.807, 2.05) is 6.92 Å². The van der Waals surface area contributed by atoms with Gasteiger partial charge in [-0.25, -0.2) is 4.98 Å². The molecule has 0 radical (unpaired) electrons. The Labute approximate surface area is 134 Å². The maximum atomic E-state index is 12.9. The molecule has 23 heavy (non-hydrogen) atoms. The number of aryl methyl sites for hydroxylation is 1. The van der Waals surface area contributed by atoms with Crippen LogP contribution in [0.4, 0.5) is 13.2 Å². The molecule has 3 rings (SSSR count). The molecule has 0 atom stereocenters. The van der Waals surface area contributed by atoms with Crippen molar-refractivity contribution >= 4 is 22.8 Å². The van der Waals surface area contributed by atoms with E-state index in [1.54, 1.807) is 30.1 Å². The summed E-state index contributed by atoms with van der Waals surface area (Å²) in [4.78, 5) is 13.0. The zero-order chi connectivity index (χ0) is 16.6. The molecule has 0 aliphatic rings. The van der Waals surface area contributed by atoms with Crippen molar-refractivity contribution in [3.63, 3.8) is 0 Å². The van der Waals surface area contributed by atoms with Crippen molar-refractivity contribution in [3.05, 3.63) is 36.3 Å². The first kappa shape index (κ1) is 15.8. The molecule has 8 heteroatoms. The average Bonchev–Trinajstić information content (AvgIpc) is 2.84. The van der Waals surface area contributed by atoms with Crippen molar-refractivity contribution in [1.82, 2.24) is 19.5 Å². The summed E-state index contributed by atoms with van der Waals surface area (Å²) >= 11 is 1.31. The molecule has 0 aliphatic carbocycles. The monoisotopic (exact) mass is 338 g/mol. The molecule has 0 spiro atoms. The minimum Gasteiger partial charge on any atom is -0.325 e. The first-order valence-electron chi connectivity index (χ1n) is 6.88. The first-order valence-corrected chi connectivity index (χ1v) is 7.87. The van der Waals surface area contributed by atoms with Gasteiger partial charge in [0.2, 0.25) is 0 Å². The molecule has 3 aromatic heterocycles. The SMILES string of the molecule is CCSc1cc(C(F)(F)F)cnc1-c1nc2ccncc2n1C. The van der Waals surface area contributed by atoms with E-state index in [0.717, 1.165) is 23.3 Å². The molecule has 3 heterocycles. The van der Waals surface area contributed by atoms with E-state index in [9.17, 15) is 13.2 Å². The van der Waals surface area contributed by atoms with E-state index in [1.165, 1.54) is 11.8 Å². The van der Waals surface area contributed by atoms with Gasteiger partial charge in [-0.1, -0.05) is 6.92 Å². The van der Waals surface area contributed by atoms with Gasteiger partial charge in [0.1, 0.15) is 5.69 Å². The van der Waals surface area contributed by atoms with Gasteiger partial charge in [0.15, 0.2) is 5.82 Å². The lowest BCUT2D eigenvalue weighted by atomic mass is 10.2. The highest BCUT2D eigenvalue weighted by Gasteiger charge is 2.32. The van der Waals surface area contributed by atoms with Crippen LogP contribution in [0.2, 0.25) is 0 Å². The molecule has 0 unspecified atom stereocenters. The number of thioether (sulfide) groups is 1. The lowest BCUT2D eigenvalue weighted by Crippen LogP contribution is -2.07. The van der Waals surface area contributed by atoms with Crippen LogP contribution in [-0.4, -0.2) is 25.3 Å².